The number of unbranched alkanes of at least 4 members (excludes halogenated alkanes) is 1. The Labute approximate surface area is 207 Å². The van der Waals surface area contributed by atoms with Crippen molar-refractivity contribution in [3.63, 3.8) is 0 Å². The van der Waals surface area contributed by atoms with Crippen molar-refractivity contribution in [2.24, 2.45) is 10.8 Å². The third-order valence-corrected chi connectivity index (χ3v) is 9.82. The van der Waals surface area contributed by atoms with E-state index >= 15 is 0 Å². The number of hydrogen-bond donors (Lipinski definition) is 1. The lowest BCUT2D eigenvalue weighted by molar-refractivity contribution is -0.122. The van der Waals surface area contributed by atoms with Gasteiger partial charge in [0.05, 0.1) is 0 Å². The van der Waals surface area contributed by atoms with Gasteiger partial charge in [-0.1, -0.05) is 43.2 Å². The predicted octanol–water partition coefficient (Wildman–Crippen LogP) is 5.41. The number of nitrogens with zero attached hydrogens (tertiary/aromatic N) is 2. The van der Waals surface area contributed by atoms with Crippen molar-refractivity contribution in [3.8, 4) is 0 Å². The molecule has 34 heavy (non-hydrogen) atoms. The minimum atomic E-state index is -0.0448. The normalized spacial score (nSPS) is 34.5. The zero-order chi connectivity index (χ0) is 23.4. The van der Waals surface area contributed by atoms with Gasteiger partial charge in [-0.3, -0.25) is 9.69 Å². The summed E-state index contributed by atoms with van der Waals surface area (Å²) in [7, 11) is 0. The van der Waals surface area contributed by atoms with Gasteiger partial charge >= 0.3 is 0 Å². The largest absolute Gasteiger partial charge is 0.310 e. The van der Waals surface area contributed by atoms with Crippen LogP contribution in [0.25, 0.3) is 0 Å². The van der Waals surface area contributed by atoms with Crippen LogP contribution >= 0.6 is 0 Å². The lowest BCUT2D eigenvalue weighted by Gasteiger charge is -2.38. The van der Waals surface area contributed by atoms with Gasteiger partial charge in [0.15, 0.2) is 0 Å². The molecule has 0 radical (unpaired) electrons. The van der Waals surface area contributed by atoms with Gasteiger partial charge in [-0.05, 0) is 108 Å². The molecule has 1 spiro atoms. The van der Waals surface area contributed by atoms with E-state index in [0.29, 0.717) is 23.3 Å². The van der Waals surface area contributed by atoms with Gasteiger partial charge in [-0.2, -0.15) is 0 Å². The maximum atomic E-state index is 12.6. The van der Waals surface area contributed by atoms with Crippen LogP contribution in [0.4, 0.5) is 0 Å². The first-order chi connectivity index (χ1) is 16.6. The third-order valence-electron chi connectivity index (χ3n) is 9.82. The van der Waals surface area contributed by atoms with E-state index in [1.807, 2.05) is 6.92 Å². The van der Waals surface area contributed by atoms with Gasteiger partial charge in [0, 0.05) is 30.6 Å². The summed E-state index contributed by atoms with van der Waals surface area (Å²) in [6, 6.07) is 12.0. The van der Waals surface area contributed by atoms with Crippen LogP contribution in [0.1, 0.15) is 89.5 Å². The smallest absolute Gasteiger partial charge is 0.137 e. The molecule has 2 aliphatic carbocycles. The molecule has 4 aliphatic rings. The summed E-state index contributed by atoms with van der Waals surface area (Å²) in [6.07, 6.45) is 15.4. The first-order valence-electron chi connectivity index (χ1n) is 14.3. The van der Waals surface area contributed by atoms with Crippen LogP contribution in [0.3, 0.4) is 0 Å². The maximum Gasteiger partial charge on any atom is 0.137 e. The summed E-state index contributed by atoms with van der Waals surface area (Å²) >= 11 is 0. The SMILES string of the molecule is CC(=O)C1(CCCCN2CCCCC2)CC1NC1CCC2(CC1)CCN(Cc1ccccc1)C2. The molecule has 5 rings (SSSR count). The fraction of sp³-hybridized carbons (Fsp3) is 0.767. The summed E-state index contributed by atoms with van der Waals surface area (Å²) < 4.78 is 0. The molecule has 2 atom stereocenters. The molecule has 2 saturated heterocycles. The highest BCUT2D eigenvalue weighted by Gasteiger charge is 2.57. The number of carbonyl (C=O) groups excluding carboxylic acids is 1. The van der Waals surface area contributed by atoms with Crippen LogP contribution < -0.4 is 5.32 Å². The molecule has 2 unspecified atom stereocenters. The van der Waals surface area contributed by atoms with E-state index in [9.17, 15) is 4.79 Å². The molecule has 0 bridgehead atoms. The Morgan fingerprint density at radius 2 is 1.74 bits per heavy atom. The van der Waals surface area contributed by atoms with Crippen LogP contribution in [-0.2, 0) is 11.3 Å². The fourth-order valence-electron chi connectivity index (χ4n) is 7.42. The molecule has 2 aliphatic heterocycles. The van der Waals surface area contributed by atoms with Gasteiger partial charge in [0.25, 0.3) is 0 Å². The van der Waals surface area contributed by atoms with Gasteiger partial charge in [-0.25, -0.2) is 0 Å². The van der Waals surface area contributed by atoms with Crippen LogP contribution in [0.2, 0.25) is 0 Å². The van der Waals surface area contributed by atoms with Crippen LogP contribution in [0, 0.1) is 10.8 Å². The Bertz CT molecular complexity index is 797. The number of piperidine rings is 1. The Balaban J connectivity index is 1.03. The van der Waals surface area contributed by atoms with E-state index in [1.54, 1.807) is 0 Å². The van der Waals surface area contributed by atoms with E-state index in [1.165, 1.54) is 102 Å². The van der Waals surface area contributed by atoms with Gasteiger partial charge in [-0.15, -0.1) is 0 Å². The molecule has 1 aromatic rings. The number of hydrogen-bond acceptors (Lipinski definition) is 4. The number of rotatable bonds is 10. The third kappa shape index (κ3) is 5.77. The predicted molar refractivity (Wildman–Crippen MR) is 140 cm³/mol. The molecule has 4 nitrogen and oxygen atoms in total. The molecule has 1 aromatic carbocycles. The average molecular weight is 466 g/mol. The van der Waals surface area contributed by atoms with Crippen molar-refractivity contribution < 1.29 is 4.79 Å². The number of Topliss-reactive ketones (excluding diaryl/α,β-unsaturated/α-hetero) is 1. The maximum absolute atomic E-state index is 12.6. The minimum absolute atomic E-state index is 0.0448. The lowest BCUT2D eigenvalue weighted by atomic mass is 9.72. The second kappa shape index (κ2) is 10.8. The molecular formula is C30H47N3O. The van der Waals surface area contributed by atoms with E-state index in [4.69, 9.17) is 0 Å². The summed E-state index contributed by atoms with van der Waals surface area (Å²) in [5.41, 5.74) is 1.94. The van der Waals surface area contributed by atoms with Crippen LogP contribution in [-0.4, -0.2) is 60.4 Å². The second-order valence-electron chi connectivity index (χ2n) is 12.2. The van der Waals surface area contributed by atoms with E-state index in [2.05, 4.69) is 45.4 Å². The monoisotopic (exact) mass is 465 g/mol. The zero-order valence-corrected chi connectivity index (χ0v) is 21.6. The minimum Gasteiger partial charge on any atom is -0.310 e. The van der Waals surface area contributed by atoms with Crippen molar-refractivity contribution in [3.05, 3.63) is 35.9 Å². The van der Waals surface area contributed by atoms with E-state index in [0.717, 1.165) is 19.4 Å². The van der Waals surface area contributed by atoms with Gasteiger partial charge in [0.1, 0.15) is 5.78 Å². The van der Waals surface area contributed by atoms with Crippen molar-refractivity contribution in [1.82, 2.24) is 15.1 Å². The highest BCUT2D eigenvalue weighted by molar-refractivity contribution is 5.86. The number of nitrogens with one attached hydrogen (secondary N) is 1. The molecule has 0 aromatic heterocycles. The molecule has 2 heterocycles. The number of ketones is 1. The summed E-state index contributed by atoms with van der Waals surface area (Å²) in [5, 5.41) is 3.97. The number of likely N-dealkylation sites (tertiary alicyclic amines) is 2. The summed E-state index contributed by atoms with van der Waals surface area (Å²) in [6.45, 7) is 9.28. The Hall–Kier alpha value is -1.23. The second-order valence-corrected chi connectivity index (χ2v) is 12.2. The Morgan fingerprint density at radius 1 is 0.971 bits per heavy atom. The van der Waals surface area contributed by atoms with Crippen molar-refractivity contribution >= 4 is 5.78 Å². The molecule has 0 amide bonds. The Morgan fingerprint density at radius 3 is 2.47 bits per heavy atom. The highest BCUT2D eigenvalue weighted by atomic mass is 16.1. The van der Waals surface area contributed by atoms with Crippen LogP contribution in [0.15, 0.2) is 30.3 Å². The van der Waals surface area contributed by atoms with E-state index in [-0.39, 0.29) is 5.41 Å². The topological polar surface area (TPSA) is 35.6 Å². The zero-order valence-electron chi connectivity index (χ0n) is 21.6. The fourth-order valence-corrected chi connectivity index (χ4v) is 7.42. The molecular weight excluding hydrogens is 418 g/mol. The van der Waals surface area contributed by atoms with Crippen molar-refractivity contribution in [1.29, 1.82) is 0 Å². The summed E-state index contributed by atoms with van der Waals surface area (Å²) in [4.78, 5) is 17.9. The number of carbonyl (C=O) groups is 1. The lowest BCUT2D eigenvalue weighted by Crippen LogP contribution is -2.41. The standard InChI is InChI=1S/C30H47N3O/c1-25(34)30(14-6-9-20-32-18-7-3-8-19-32)22-28(30)31-27-12-15-29(16-13-27)17-21-33(24-29)23-26-10-4-2-5-11-26/h2,4-5,10-11,27-28,31H,3,6-9,12-24H2,1H3. The van der Waals surface area contributed by atoms with Gasteiger partial charge < -0.3 is 10.2 Å². The summed E-state index contributed by atoms with van der Waals surface area (Å²) in [5.74, 6) is 0.433. The average Bonchev–Trinajstić information content (AvgIpc) is 3.43. The molecule has 4 fully saturated rings. The van der Waals surface area contributed by atoms with Crippen molar-refractivity contribution in [2.45, 2.75) is 103 Å². The molecule has 2 saturated carbocycles. The molecule has 1 N–H and O–H groups in total. The van der Waals surface area contributed by atoms with E-state index < -0.39 is 0 Å². The number of benzene rings is 1. The first-order valence-corrected chi connectivity index (χ1v) is 14.3. The van der Waals surface area contributed by atoms with Crippen molar-refractivity contribution in [2.75, 3.05) is 32.7 Å². The molecule has 188 valence electrons. The molecule has 4 heteroatoms. The first kappa shape index (κ1) is 24.5. The quantitative estimate of drug-likeness (QED) is 0.468. The van der Waals surface area contributed by atoms with Gasteiger partial charge in [0.2, 0.25) is 0 Å². The Kier molecular flexibility index (Phi) is 7.77. The highest BCUT2D eigenvalue weighted by Crippen LogP contribution is 2.52. The van der Waals surface area contributed by atoms with Crippen LogP contribution in [0.5, 0.6) is 0 Å².